The molecule has 6 heteroatoms. The van der Waals surface area contributed by atoms with Crippen molar-refractivity contribution in [3.8, 4) is 5.88 Å². The molecule has 1 saturated heterocycles. The second-order valence-electron chi connectivity index (χ2n) is 7.14. The maximum atomic E-state index is 12.5. The Kier molecular flexibility index (Phi) is 5.36. The molecule has 0 spiro atoms. The summed E-state index contributed by atoms with van der Waals surface area (Å²) < 4.78 is 11.0. The molecule has 1 saturated carbocycles. The zero-order valence-electron chi connectivity index (χ0n) is 15.1. The summed E-state index contributed by atoms with van der Waals surface area (Å²) in [6.45, 7) is 1.13. The first-order chi connectivity index (χ1) is 13.2. The van der Waals surface area contributed by atoms with E-state index in [4.69, 9.17) is 9.47 Å². The van der Waals surface area contributed by atoms with Crippen LogP contribution in [0.2, 0.25) is 0 Å². The first-order valence-electron chi connectivity index (χ1n) is 9.41. The molecule has 27 heavy (non-hydrogen) atoms. The number of hydrogen-bond acceptors (Lipinski definition) is 5. The van der Waals surface area contributed by atoms with E-state index in [1.165, 1.54) is 5.56 Å². The van der Waals surface area contributed by atoms with Crippen molar-refractivity contribution in [1.82, 2.24) is 10.3 Å². The summed E-state index contributed by atoms with van der Waals surface area (Å²) in [6, 6.07) is 13.2. The van der Waals surface area contributed by atoms with Gasteiger partial charge in [-0.25, -0.2) is 4.98 Å². The van der Waals surface area contributed by atoms with Crippen molar-refractivity contribution in [1.29, 1.82) is 0 Å². The summed E-state index contributed by atoms with van der Waals surface area (Å²) >= 11 is 0. The summed E-state index contributed by atoms with van der Waals surface area (Å²) in [4.78, 5) is 16.8. The van der Waals surface area contributed by atoms with E-state index < -0.39 is 6.04 Å². The van der Waals surface area contributed by atoms with Crippen LogP contribution in [0.25, 0.3) is 0 Å². The van der Waals surface area contributed by atoms with Gasteiger partial charge in [0.15, 0.2) is 0 Å². The number of rotatable bonds is 7. The minimum absolute atomic E-state index is 0.0219. The van der Waals surface area contributed by atoms with Gasteiger partial charge in [0, 0.05) is 24.6 Å². The van der Waals surface area contributed by atoms with Crippen LogP contribution in [0.1, 0.15) is 35.9 Å². The Morgan fingerprint density at radius 1 is 1.30 bits per heavy atom. The van der Waals surface area contributed by atoms with E-state index in [1.807, 2.05) is 24.3 Å². The van der Waals surface area contributed by atoms with Crippen LogP contribution in [0.4, 0.5) is 0 Å². The molecule has 6 nitrogen and oxygen atoms in total. The summed E-state index contributed by atoms with van der Waals surface area (Å²) in [5.74, 6) is 0.752. The van der Waals surface area contributed by atoms with Crippen LogP contribution in [0.5, 0.6) is 5.88 Å². The van der Waals surface area contributed by atoms with Crippen molar-refractivity contribution < 1.29 is 19.4 Å². The number of aromatic nitrogens is 1. The fourth-order valence-corrected chi connectivity index (χ4v) is 3.51. The first-order valence-corrected chi connectivity index (χ1v) is 9.41. The highest BCUT2D eigenvalue weighted by atomic mass is 16.5. The van der Waals surface area contributed by atoms with Crippen LogP contribution in [0.3, 0.4) is 0 Å². The fraction of sp³-hybridized carbons (Fsp3) is 0.429. The van der Waals surface area contributed by atoms with Crippen molar-refractivity contribution >= 4 is 5.91 Å². The molecule has 0 bridgehead atoms. The molecule has 0 radical (unpaired) electrons. The topological polar surface area (TPSA) is 80.7 Å². The summed E-state index contributed by atoms with van der Waals surface area (Å²) in [6.07, 6.45) is 3.40. The average molecular weight is 368 g/mol. The van der Waals surface area contributed by atoms with Crippen LogP contribution in [0, 0.1) is 5.92 Å². The smallest absolute Gasteiger partial charge is 0.224 e. The summed E-state index contributed by atoms with van der Waals surface area (Å²) in [5, 5.41) is 12.7. The zero-order chi connectivity index (χ0) is 18.6. The third kappa shape index (κ3) is 4.28. The number of hydrogen-bond donors (Lipinski definition) is 2. The molecule has 2 heterocycles. The maximum Gasteiger partial charge on any atom is 0.224 e. The Labute approximate surface area is 158 Å². The molecular formula is C21H24N2O4. The zero-order valence-corrected chi connectivity index (χ0v) is 15.1. The highest BCUT2D eigenvalue weighted by molar-refractivity contribution is 5.83. The molecule has 2 aliphatic rings. The molecule has 4 rings (SSSR count). The Morgan fingerprint density at radius 2 is 2.15 bits per heavy atom. The normalized spacial score (nSPS) is 25.0. The van der Waals surface area contributed by atoms with Gasteiger partial charge >= 0.3 is 0 Å². The van der Waals surface area contributed by atoms with Gasteiger partial charge in [0.1, 0.15) is 6.10 Å². The standard InChI is InChI=1S/C21H24N2O4/c24-12-19(15-6-7-20(22-11-15)27-16-8-9-26-13-16)23-21(25)18-10-17(18)14-4-2-1-3-5-14/h1-7,11,16-19,24H,8-10,12-13H2,(H,23,25)/t16?,17-,18+,19+/m1/s1. The van der Waals surface area contributed by atoms with Gasteiger partial charge in [0.2, 0.25) is 11.8 Å². The lowest BCUT2D eigenvalue weighted by atomic mass is 10.1. The Balaban J connectivity index is 1.34. The molecule has 2 fully saturated rings. The molecule has 1 aliphatic carbocycles. The van der Waals surface area contributed by atoms with Crippen LogP contribution >= 0.6 is 0 Å². The summed E-state index contributed by atoms with van der Waals surface area (Å²) in [5.41, 5.74) is 1.95. The molecule has 1 aliphatic heterocycles. The van der Waals surface area contributed by atoms with E-state index in [9.17, 15) is 9.90 Å². The van der Waals surface area contributed by atoms with E-state index in [-0.39, 0.29) is 30.5 Å². The van der Waals surface area contributed by atoms with Crippen LogP contribution in [-0.4, -0.2) is 41.9 Å². The predicted molar refractivity (Wildman–Crippen MR) is 99.3 cm³/mol. The number of benzene rings is 1. The number of amides is 1. The van der Waals surface area contributed by atoms with Gasteiger partial charge < -0.3 is 19.9 Å². The van der Waals surface area contributed by atoms with E-state index in [0.717, 1.165) is 18.4 Å². The quantitative estimate of drug-likeness (QED) is 0.783. The number of ether oxygens (including phenoxy) is 2. The molecule has 1 aromatic heterocycles. The number of aliphatic hydroxyl groups is 1. The third-order valence-corrected chi connectivity index (χ3v) is 5.19. The molecule has 4 atom stereocenters. The lowest BCUT2D eigenvalue weighted by molar-refractivity contribution is -0.123. The lowest BCUT2D eigenvalue weighted by Gasteiger charge is -2.17. The van der Waals surface area contributed by atoms with E-state index >= 15 is 0 Å². The third-order valence-electron chi connectivity index (χ3n) is 5.19. The highest BCUT2D eigenvalue weighted by Crippen LogP contribution is 2.47. The van der Waals surface area contributed by atoms with Crippen molar-refractivity contribution in [2.24, 2.45) is 5.92 Å². The molecule has 1 amide bonds. The Morgan fingerprint density at radius 3 is 2.81 bits per heavy atom. The van der Waals surface area contributed by atoms with Gasteiger partial charge in [-0.3, -0.25) is 4.79 Å². The highest BCUT2D eigenvalue weighted by Gasteiger charge is 2.44. The van der Waals surface area contributed by atoms with Crippen molar-refractivity contribution in [3.05, 3.63) is 59.8 Å². The van der Waals surface area contributed by atoms with E-state index in [0.29, 0.717) is 19.1 Å². The number of carbonyl (C=O) groups excluding carboxylic acids is 1. The Bertz CT molecular complexity index is 760. The maximum absolute atomic E-state index is 12.5. The molecule has 2 aromatic rings. The molecule has 1 aromatic carbocycles. The average Bonchev–Trinajstić information content (AvgIpc) is 3.36. The van der Waals surface area contributed by atoms with Gasteiger partial charge in [0.25, 0.3) is 0 Å². The number of nitrogens with one attached hydrogen (secondary N) is 1. The second kappa shape index (κ2) is 8.06. The van der Waals surface area contributed by atoms with Gasteiger partial charge in [0.05, 0.1) is 25.9 Å². The van der Waals surface area contributed by atoms with Gasteiger partial charge in [-0.2, -0.15) is 0 Å². The number of pyridine rings is 1. The van der Waals surface area contributed by atoms with Crippen LogP contribution < -0.4 is 10.1 Å². The SMILES string of the molecule is O=C(N[C@@H](CO)c1ccc(OC2CCOC2)nc1)[C@H]1C[C@@H]1c1ccccc1. The van der Waals surface area contributed by atoms with E-state index in [1.54, 1.807) is 12.3 Å². The summed E-state index contributed by atoms with van der Waals surface area (Å²) in [7, 11) is 0. The predicted octanol–water partition coefficient (Wildman–Crippen LogP) is 2.20. The van der Waals surface area contributed by atoms with Gasteiger partial charge in [-0.15, -0.1) is 0 Å². The van der Waals surface area contributed by atoms with E-state index in [2.05, 4.69) is 22.4 Å². The Hall–Kier alpha value is -2.44. The van der Waals surface area contributed by atoms with Gasteiger partial charge in [-0.1, -0.05) is 30.3 Å². The van der Waals surface area contributed by atoms with Crippen molar-refractivity contribution in [3.63, 3.8) is 0 Å². The first kappa shape index (κ1) is 17.9. The van der Waals surface area contributed by atoms with Crippen molar-refractivity contribution in [2.45, 2.75) is 30.9 Å². The van der Waals surface area contributed by atoms with Crippen molar-refractivity contribution in [2.75, 3.05) is 19.8 Å². The molecular weight excluding hydrogens is 344 g/mol. The minimum atomic E-state index is -0.467. The minimum Gasteiger partial charge on any atom is -0.472 e. The number of nitrogens with zero attached hydrogens (tertiary/aromatic N) is 1. The lowest BCUT2D eigenvalue weighted by Crippen LogP contribution is -2.32. The molecule has 142 valence electrons. The monoisotopic (exact) mass is 368 g/mol. The van der Waals surface area contributed by atoms with Gasteiger partial charge in [-0.05, 0) is 29.5 Å². The molecule has 2 N–H and O–H groups in total. The second-order valence-corrected chi connectivity index (χ2v) is 7.14. The largest absolute Gasteiger partial charge is 0.472 e. The number of aliphatic hydroxyl groups excluding tert-OH is 1. The fourth-order valence-electron chi connectivity index (χ4n) is 3.51. The number of carbonyl (C=O) groups is 1. The van der Waals surface area contributed by atoms with Crippen LogP contribution in [0.15, 0.2) is 48.7 Å². The van der Waals surface area contributed by atoms with Crippen LogP contribution in [-0.2, 0) is 9.53 Å². The molecule has 1 unspecified atom stereocenters.